The second-order valence-electron chi connectivity index (χ2n) is 10.9. The highest BCUT2D eigenvalue weighted by Crippen LogP contribution is 2.36. The molecule has 0 spiro atoms. The molecule has 2 aromatic carbocycles. The van der Waals surface area contributed by atoms with E-state index in [1.165, 1.54) is 0 Å². The molecule has 0 unspecified atom stereocenters. The highest BCUT2D eigenvalue weighted by molar-refractivity contribution is 6.62. The first-order valence-corrected chi connectivity index (χ1v) is 12.7. The number of carboxylic acids is 1. The Labute approximate surface area is 224 Å². The molecule has 1 heterocycles. The van der Waals surface area contributed by atoms with Crippen molar-refractivity contribution in [1.82, 2.24) is 10.6 Å². The normalized spacial score (nSPS) is 17.5. The lowest BCUT2D eigenvalue weighted by molar-refractivity contribution is -0.142. The van der Waals surface area contributed by atoms with Crippen molar-refractivity contribution in [3.8, 4) is 0 Å². The molecule has 9 nitrogen and oxygen atoms in total. The van der Waals surface area contributed by atoms with E-state index < -0.39 is 48.4 Å². The molecular formula is C28H37BN2O7. The molecule has 2 amide bonds. The molecule has 1 aliphatic heterocycles. The summed E-state index contributed by atoms with van der Waals surface area (Å²) in [6.45, 7) is 11.5. The van der Waals surface area contributed by atoms with Crippen LogP contribution in [0.1, 0.15) is 52.7 Å². The van der Waals surface area contributed by atoms with Crippen LogP contribution in [0.15, 0.2) is 54.6 Å². The van der Waals surface area contributed by atoms with E-state index in [0.29, 0.717) is 5.56 Å². The number of amides is 2. The van der Waals surface area contributed by atoms with Crippen molar-refractivity contribution in [1.29, 1.82) is 0 Å². The van der Waals surface area contributed by atoms with Gasteiger partial charge in [0.2, 0.25) is 5.91 Å². The number of benzene rings is 2. The summed E-state index contributed by atoms with van der Waals surface area (Å²) in [5.74, 6) is -2.08. The average Bonchev–Trinajstić information content (AvgIpc) is 3.08. The molecule has 10 heteroatoms. The minimum Gasteiger partial charge on any atom is -0.480 e. The van der Waals surface area contributed by atoms with Crippen LogP contribution in [0.5, 0.6) is 0 Å². The van der Waals surface area contributed by atoms with Crippen LogP contribution in [0.2, 0.25) is 0 Å². The van der Waals surface area contributed by atoms with Gasteiger partial charge in [-0.05, 0) is 50.2 Å². The van der Waals surface area contributed by atoms with Gasteiger partial charge in [-0.25, -0.2) is 9.59 Å². The van der Waals surface area contributed by atoms with Gasteiger partial charge in [-0.3, -0.25) is 4.79 Å². The third-order valence-corrected chi connectivity index (χ3v) is 6.99. The second-order valence-corrected chi connectivity index (χ2v) is 10.9. The van der Waals surface area contributed by atoms with Crippen LogP contribution in [0.3, 0.4) is 0 Å². The SMILES string of the molecule is CC(C)[C@@H](NC(=O)OCc1ccccc1)C(=O)N[C@@H](Cc1ccc(B2OC(C)(C)C(C)(C)O2)cc1)C(=O)O. The topological polar surface area (TPSA) is 123 Å². The predicted molar refractivity (Wildman–Crippen MR) is 144 cm³/mol. The van der Waals surface area contributed by atoms with Gasteiger partial charge in [0.25, 0.3) is 0 Å². The fraction of sp³-hybridized carbons (Fsp3) is 0.464. The third kappa shape index (κ3) is 7.36. The summed E-state index contributed by atoms with van der Waals surface area (Å²) < 4.78 is 17.4. The van der Waals surface area contributed by atoms with Crippen molar-refractivity contribution in [3.05, 3.63) is 65.7 Å². The Morgan fingerprint density at radius 1 is 0.895 bits per heavy atom. The van der Waals surface area contributed by atoms with Crippen LogP contribution in [0, 0.1) is 5.92 Å². The first kappa shape index (κ1) is 29.2. The van der Waals surface area contributed by atoms with Crippen LogP contribution < -0.4 is 16.1 Å². The van der Waals surface area contributed by atoms with E-state index in [1.807, 2.05) is 70.2 Å². The van der Waals surface area contributed by atoms with Gasteiger partial charge in [-0.15, -0.1) is 0 Å². The largest absolute Gasteiger partial charge is 0.494 e. The van der Waals surface area contributed by atoms with Gasteiger partial charge in [-0.2, -0.15) is 0 Å². The van der Waals surface area contributed by atoms with Crippen LogP contribution in [-0.2, 0) is 36.7 Å². The van der Waals surface area contributed by atoms with Crippen molar-refractivity contribution in [2.24, 2.45) is 5.92 Å². The maximum absolute atomic E-state index is 13.0. The fourth-order valence-corrected chi connectivity index (χ4v) is 3.91. The van der Waals surface area contributed by atoms with Crippen molar-refractivity contribution < 1.29 is 33.5 Å². The van der Waals surface area contributed by atoms with Gasteiger partial charge >= 0.3 is 19.2 Å². The maximum atomic E-state index is 13.0. The van der Waals surface area contributed by atoms with Crippen molar-refractivity contribution in [2.75, 3.05) is 0 Å². The number of ether oxygens (including phenoxy) is 1. The van der Waals surface area contributed by atoms with Crippen LogP contribution in [-0.4, -0.2) is 53.5 Å². The Morgan fingerprint density at radius 3 is 2.00 bits per heavy atom. The molecule has 1 saturated heterocycles. The molecule has 0 aromatic heterocycles. The summed E-state index contributed by atoms with van der Waals surface area (Å²) in [5.41, 5.74) is 1.41. The molecule has 0 aliphatic carbocycles. The van der Waals surface area contributed by atoms with Crippen molar-refractivity contribution in [3.63, 3.8) is 0 Å². The zero-order chi connectivity index (χ0) is 28.1. The highest BCUT2D eigenvalue weighted by atomic mass is 16.7. The molecule has 3 N–H and O–H groups in total. The van der Waals surface area contributed by atoms with E-state index >= 15 is 0 Å². The van der Waals surface area contributed by atoms with E-state index in [1.54, 1.807) is 26.0 Å². The zero-order valence-corrected chi connectivity index (χ0v) is 22.8. The van der Waals surface area contributed by atoms with Gasteiger partial charge in [0.1, 0.15) is 18.7 Å². The lowest BCUT2D eigenvalue weighted by atomic mass is 9.78. The Balaban J connectivity index is 1.60. The molecule has 0 saturated carbocycles. The maximum Gasteiger partial charge on any atom is 0.494 e. The van der Waals surface area contributed by atoms with Crippen LogP contribution in [0.25, 0.3) is 0 Å². The molecule has 204 valence electrons. The number of aliphatic carboxylic acids is 1. The number of carbonyl (C=O) groups is 3. The molecule has 3 rings (SSSR count). The summed E-state index contributed by atoms with van der Waals surface area (Å²) in [6.07, 6.45) is -0.693. The van der Waals surface area contributed by atoms with Gasteiger partial charge in [0, 0.05) is 6.42 Å². The fourth-order valence-electron chi connectivity index (χ4n) is 3.91. The lowest BCUT2D eigenvalue weighted by Gasteiger charge is -2.32. The Hall–Kier alpha value is -3.37. The molecule has 0 radical (unpaired) electrons. The molecule has 0 bridgehead atoms. The molecule has 2 atom stereocenters. The van der Waals surface area contributed by atoms with E-state index in [-0.39, 0.29) is 18.9 Å². The van der Waals surface area contributed by atoms with Gasteiger partial charge in [0.15, 0.2) is 0 Å². The number of nitrogens with one attached hydrogen (secondary N) is 2. The summed E-state index contributed by atoms with van der Waals surface area (Å²) >= 11 is 0. The first-order valence-electron chi connectivity index (χ1n) is 12.7. The summed E-state index contributed by atoms with van der Waals surface area (Å²) in [6, 6.07) is 14.3. The third-order valence-electron chi connectivity index (χ3n) is 6.99. The molecule has 2 aromatic rings. The van der Waals surface area contributed by atoms with Crippen molar-refractivity contribution >= 4 is 30.6 Å². The number of alkyl carbamates (subject to hydrolysis) is 1. The number of hydrogen-bond donors (Lipinski definition) is 3. The Kier molecular flexibility index (Phi) is 9.22. The van der Waals surface area contributed by atoms with E-state index in [2.05, 4.69) is 10.6 Å². The molecule has 1 aliphatic rings. The lowest BCUT2D eigenvalue weighted by Crippen LogP contribution is -2.54. The number of rotatable bonds is 10. The average molecular weight is 524 g/mol. The van der Waals surface area contributed by atoms with Gasteiger partial charge in [0.05, 0.1) is 11.2 Å². The highest BCUT2D eigenvalue weighted by Gasteiger charge is 2.51. The van der Waals surface area contributed by atoms with Crippen LogP contribution >= 0.6 is 0 Å². The minimum atomic E-state index is -1.19. The predicted octanol–water partition coefficient (Wildman–Crippen LogP) is 3.05. The van der Waals surface area contributed by atoms with Gasteiger partial charge in [-0.1, -0.05) is 68.4 Å². The summed E-state index contributed by atoms with van der Waals surface area (Å²) in [4.78, 5) is 37.3. The van der Waals surface area contributed by atoms with E-state index in [0.717, 1.165) is 11.0 Å². The number of carbonyl (C=O) groups excluding carboxylic acids is 2. The summed E-state index contributed by atoms with van der Waals surface area (Å²) in [7, 11) is -0.524. The molecule has 38 heavy (non-hydrogen) atoms. The Bertz CT molecular complexity index is 1100. The second kappa shape index (κ2) is 12.0. The minimum absolute atomic E-state index is 0.0543. The monoisotopic (exact) mass is 524 g/mol. The standard InChI is InChI=1S/C28H37BN2O7/c1-18(2)23(31-26(35)36-17-20-10-8-7-9-11-20)24(32)30-22(25(33)34)16-19-12-14-21(15-13-19)29-37-27(3,4)28(5,6)38-29/h7-15,18,22-23H,16-17H2,1-6H3,(H,30,32)(H,31,35)(H,33,34)/t22-,23+/m0/s1. The number of hydrogen-bond acceptors (Lipinski definition) is 6. The van der Waals surface area contributed by atoms with Gasteiger partial charge < -0.3 is 29.8 Å². The molecular weight excluding hydrogens is 487 g/mol. The van der Waals surface area contributed by atoms with Crippen molar-refractivity contribution in [2.45, 2.75) is 77.9 Å². The quantitative estimate of drug-likeness (QED) is 0.409. The smallest absolute Gasteiger partial charge is 0.480 e. The van der Waals surface area contributed by atoms with E-state index in [4.69, 9.17) is 14.0 Å². The summed E-state index contributed by atoms with van der Waals surface area (Å²) in [5, 5.41) is 14.9. The van der Waals surface area contributed by atoms with E-state index in [9.17, 15) is 19.5 Å². The zero-order valence-electron chi connectivity index (χ0n) is 22.8. The number of carboxylic acid groups (broad SMARTS) is 1. The Morgan fingerprint density at radius 2 is 1.47 bits per heavy atom. The first-order chi connectivity index (χ1) is 17.8. The molecule has 1 fully saturated rings. The van der Waals surface area contributed by atoms with Crippen LogP contribution in [0.4, 0.5) is 4.79 Å².